The highest BCUT2D eigenvalue weighted by Gasteiger charge is 2.24. The molecule has 158 valence electrons. The van der Waals surface area contributed by atoms with Gasteiger partial charge in [0.25, 0.3) is 17.2 Å². The van der Waals surface area contributed by atoms with Crippen LogP contribution in [0.15, 0.2) is 21.9 Å². The smallest absolute Gasteiger partial charge is 0.378 e. The van der Waals surface area contributed by atoms with E-state index in [0.29, 0.717) is 5.69 Å². The highest BCUT2D eigenvalue weighted by atomic mass is 16.5. The number of hydrogen-bond acceptors (Lipinski definition) is 9. The maximum absolute atomic E-state index is 12.6. The van der Waals surface area contributed by atoms with Gasteiger partial charge in [0.1, 0.15) is 11.4 Å². The van der Waals surface area contributed by atoms with Crippen LogP contribution in [0.3, 0.4) is 0 Å². The number of rotatable bonds is 6. The highest BCUT2D eigenvalue weighted by Crippen LogP contribution is 2.09. The third kappa shape index (κ3) is 3.71. The van der Waals surface area contributed by atoms with Crippen molar-refractivity contribution in [3.63, 3.8) is 0 Å². The van der Waals surface area contributed by atoms with E-state index >= 15 is 0 Å². The summed E-state index contributed by atoms with van der Waals surface area (Å²) in [6.07, 6.45) is 1.52. The molecule has 0 saturated heterocycles. The molecule has 2 N–H and O–H groups in total. The Morgan fingerprint density at radius 3 is 2.60 bits per heavy atom. The van der Waals surface area contributed by atoms with Crippen molar-refractivity contribution in [3.8, 4) is 0 Å². The van der Waals surface area contributed by atoms with Gasteiger partial charge in [-0.1, -0.05) is 13.8 Å². The SMILES string of the molecule is Cc1ccnc2nc(C(=O)OCC(=O)c3c(N)n(CC(C)C)c(=O)n(C)c3=O)nn12. The number of esters is 1. The first-order chi connectivity index (χ1) is 14.1. The molecule has 3 aromatic heterocycles. The van der Waals surface area contributed by atoms with Gasteiger partial charge in [-0.3, -0.25) is 18.7 Å². The van der Waals surface area contributed by atoms with Crippen LogP contribution in [-0.4, -0.2) is 47.1 Å². The second kappa shape index (κ2) is 7.89. The Kier molecular flexibility index (Phi) is 5.49. The van der Waals surface area contributed by atoms with Gasteiger partial charge in [-0.25, -0.2) is 19.1 Å². The van der Waals surface area contributed by atoms with Crippen molar-refractivity contribution >= 4 is 23.3 Å². The number of aryl methyl sites for hydroxylation is 1. The number of carbonyl (C=O) groups excluding carboxylic acids is 2. The van der Waals surface area contributed by atoms with Gasteiger partial charge in [-0.05, 0) is 18.9 Å². The fraction of sp³-hybridized carbons (Fsp3) is 0.389. The van der Waals surface area contributed by atoms with Gasteiger partial charge in [0.05, 0.1) is 0 Å². The van der Waals surface area contributed by atoms with E-state index in [9.17, 15) is 19.2 Å². The molecule has 0 unspecified atom stereocenters. The largest absolute Gasteiger partial charge is 0.451 e. The van der Waals surface area contributed by atoms with Crippen LogP contribution in [0.2, 0.25) is 0 Å². The monoisotopic (exact) mass is 415 g/mol. The lowest BCUT2D eigenvalue weighted by Crippen LogP contribution is -2.43. The fourth-order valence-corrected chi connectivity index (χ4v) is 2.85. The Bertz CT molecular complexity index is 1270. The number of nitrogens with two attached hydrogens (primary N) is 1. The Labute approximate surface area is 169 Å². The summed E-state index contributed by atoms with van der Waals surface area (Å²) in [6, 6.07) is 1.69. The standard InChI is InChI=1S/C18H21N7O5/c1-9(2)7-24-13(19)12(15(27)23(4)18(24)29)11(26)8-30-16(28)14-21-17-20-6-5-10(3)25(17)22-14/h5-6,9H,7-8,19H2,1-4H3. The summed E-state index contributed by atoms with van der Waals surface area (Å²) < 4.78 is 8.27. The van der Waals surface area contributed by atoms with E-state index in [2.05, 4.69) is 15.1 Å². The molecular formula is C18H21N7O5. The minimum absolute atomic E-state index is 0.0430. The molecular weight excluding hydrogens is 394 g/mol. The molecule has 0 spiro atoms. The maximum atomic E-state index is 12.6. The van der Waals surface area contributed by atoms with Crippen molar-refractivity contribution in [3.05, 3.63) is 50.2 Å². The van der Waals surface area contributed by atoms with Gasteiger partial charge in [0.15, 0.2) is 6.61 Å². The van der Waals surface area contributed by atoms with Crippen LogP contribution in [0, 0.1) is 12.8 Å². The normalized spacial score (nSPS) is 11.2. The number of aromatic nitrogens is 6. The average molecular weight is 415 g/mol. The zero-order valence-electron chi connectivity index (χ0n) is 16.9. The number of carbonyl (C=O) groups is 2. The molecule has 0 radical (unpaired) electrons. The third-order valence-electron chi connectivity index (χ3n) is 4.36. The van der Waals surface area contributed by atoms with E-state index in [1.165, 1.54) is 17.8 Å². The zero-order valence-corrected chi connectivity index (χ0v) is 16.9. The second-order valence-corrected chi connectivity index (χ2v) is 7.14. The third-order valence-corrected chi connectivity index (χ3v) is 4.36. The molecule has 0 amide bonds. The van der Waals surface area contributed by atoms with Gasteiger partial charge in [-0.15, -0.1) is 5.10 Å². The summed E-state index contributed by atoms with van der Waals surface area (Å²) in [6.45, 7) is 4.93. The van der Waals surface area contributed by atoms with E-state index < -0.39 is 35.2 Å². The van der Waals surface area contributed by atoms with E-state index in [-0.39, 0.29) is 29.9 Å². The van der Waals surface area contributed by atoms with Gasteiger partial charge < -0.3 is 10.5 Å². The summed E-state index contributed by atoms with van der Waals surface area (Å²) in [5.41, 5.74) is 4.74. The zero-order chi connectivity index (χ0) is 22.2. The number of nitrogen functional groups attached to an aromatic ring is 1. The first-order valence-electron chi connectivity index (χ1n) is 9.09. The van der Waals surface area contributed by atoms with Crippen LogP contribution in [-0.2, 0) is 18.3 Å². The minimum Gasteiger partial charge on any atom is -0.451 e. The van der Waals surface area contributed by atoms with Crippen molar-refractivity contribution in [2.45, 2.75) is 27.3 Å². The van der Waals surface area contributed by atoms with Crippen LogP contribution in [0.1, 0.15) is 40.5 Å². The van der Waals surface area contributed by atoms with Gasteiger partial charge in [-0.2, -0.15) is 4.98 Å². The van der Waals surface area contributed by atoms with Crippen molar-refractivity contribution in [2.75, 3.05) is 12.3 Å². The van der Waals surface area contributed by atoms with Gasteiger partial charge in [0.2, 0.25) is 5.78 Å². The average Bonchev–Trinajstić information content (AvgIpc) is 3.13. The first-order valence-corrected chi connectivity index (χ1v) is 9.09. The lowest BCUT2D eigenvalue weighted by Gasteiger charge is -2.16. The Morgan fingerprint density at radius 2 is 1.97 bits per heavy atom. The second-order valence-electron chi connectivity index (χ2n) is 7.14. The molecule has 0 fully saturated rings. The van der Waals surface area contributed by atoms with Crippen molar-refractivity contribution in [2.24, 2.45) is 13.0 Å². The van der Waals surface area contributed by atoms with Crippen molar-refractivity contribution in [1.29, 1.82) is 0 Å². The first kappa shape index (κ1) is 20.9. The molecule has 0 bridgehead atoms. The predicted octanol–water partition coefficient (Wildman–Crippen LogP) is -0.429. The lowest BCUT2D eigenvalue weighted by atomic mass is 10.1. The molecule has 12 heteroatoms. The summed E-state index contributed by atoms with van der Waals surface area (Å²) in [5, 5.41) is 3.99. The highest BCUT2D eigenvalue weighted by molar-refractivity contribution is 6.01. The topological polar surface area (TPSA) is 156 Å². The fourth-order valence-electron chi connectivity index (χ4n) is 2.85. The molecule has 3 rings (SSSR count). The Morgan fingerprint density at radius 1 is 1.27 bits per heavy atom. The molecule has 0 aliphatic heterocycles. The number of Topliss-reactive ketones (excluding diaryl/α,β-unsaturated/α-hetero) is 1. The van der Waals surface area contributed by atoms with E-state index in [1.54, 1.807) is 13.0 Å². The van der Waals surface area contributed by atoms with E-state index in [1.807, 2.05) is 13.8 Å². The quantitative estimate of drug-likeness (QED) is 0.417. The number of nitrogens with zero attached hydrogens (tertiary/aromatic N) is 6. The van der Waals surface area contributed by atoms with Crippen LogP contribution >= 0.6 is 0 Å². The van der Waals surface area contributed by atoms with Gasteiger partial charge >= 0.3 is 11.7 Å². The molecule has 0 aliphatic rings. The summed E-state index contributed by atoms with van der Waals surface area (Å²) >= 11 is 0. The number of fused-ring (bicyclic) bond motifs is 1. The molecule has 3 heterocycles. The molecule has 0 saturated carbocycles. The van der Waals surface area contributed by atoms with Crippen molar-refractivity contribution < 1.29 is 14.3 Å². The molecule has 30 heavy (non-hydrogen) atoms. The summed E-state index contributed by atoms with van der Waals surface area (Å²) in [7, 11) is 1.25. The number of hydrogen-bond donors (Lipinski definition) is 1. The molecule has 0 aliphatic carbocycles. The molecule has 0 aromatic carbocycles. The lowest BCUT2D eigenvalue weighted by molar-refractivity contribution is 0.0462. The Hall–Kier alpha value is -3.83. The van der Waals surface area contributed by atoms with Crippen LogP contribution in [0.4, 0.5) is 5.82 Å². The number of ketones is 1. The van der Waals surface area contributed by atoms with E-state index in [0.717, 1.165) is 9.13 Å². The molecule has 0 atom stereocenters. The van der Waals surface area contributed by atoms with Crippen LogP contribution < -0.4 is 17.0 Å². The predicted molar refractivity (Wildman–Crippen MR) is 105 cm³/mol. The van der Waals surface area contributed by atoms with Crippen LogP contribution in [0.5, 0.6) is 0 Å². The molecule has 12 nitrogen and oxygen atoms in total. The van der Waals surface area contributed by atoms with Gasteiger partial charge in [0, 0.05) is 25.5 Å². The summed E-state index contributed by atoms with van der Waals surface area (Å²) in [4.78, 5) is 57.5. The Balaban J connectivity index is 1.86. The van der Waals surface area contributed by atoms with Crippen LogP contribution in [0.25, 0.3) is 5.78 Å². The van der Waals surface area contributed by atoms with E-state index in [4.69, 9.17) is 10.5 Å². The number of anilines is 1. The minimum atomic E-state index is -0.959. The van der Waals surface area contributed by atoms with Crippen molar-refractivity contribution in [1.82, 2.24) is 28.7 Å². The molecule has 3 aromatic rings. The maximum Gasteiger partial charge on any atom is 0.378 e. The summed E-state index contributed by atoms with van der Waals surface area (Å²) in [5.74, 6) is -2.09. The number of ether oxygens (including phenoxy) is 1.